The van der Waals surface area contributed by atoms with Crippen LogP contribution in [0.25, 0.3) is 0 Å². The molecule has 100 valence electrons. The number of rotatable bonds is 4. The Morgan fingerprint density at radius 3 is 2.53 bits per heavy atom. The predicted molar refractivity (Wildman–Crippen MR) is 70.0 cm³/mol. The minimum atomic E-state index is -0.972. The zero-order chi connectivity index (χ0) is 13.8. The Bertz CT molecular complexity index is 569. The second-order valence-electron chi connectivity index (χ2n) is 4.07. The van der Waals surface area contributed by atoms with Gasteiger partial charge in [-0.1, -0.05) is 12.1 Å². The Hall–Kier alpha value is -2.07. The minimum Gasteiger partial charge on any atom is -0.497 e. The van der Waals surface area contributed by atoms with Crippen molar-refractivity contribution in [1.29, 1.82) is 0 Å². The first kappa shape index (κ1) is 13.4. The lowest BCUT2D eigenvalue weighted by atomic mass is 10.0. The fourth-order valence-corrected chi connectivity index (χ4v) is 1.91. The van der Waals surface area contributed by atoms with E-state index < -0.39 is 11.9 Å². The molecule has 1 N–H and O–H groups in total. The highest BCUT2D eigenvalue weighted by Gasteiger charge is 2.16. The lowest BCUT2D eigenvalue weighted by Crippen LogP contribution is -2.03. The number of halogens is 1. The van der Waals surface area contributed by atoms with Gasteiger partial charge in [0.1, 0.15) is 23.4 Å². The maximum Gasteiger partial charge on any atom is 0.125 e. The van der Waals surface area contributed by atoms with Gasteiger partial charge in [0.15, 0.2) is 0 Å². The molecule has 0 fully saturated rings. The van der Waals surface area contributed by atoms with Gasteiger partial charge in [0, 0.05) is 5.56 Å². The molecule has 2 aromatic carbocycles. The zero-order valence-corrected chi connectivity index (χ0v) is 10.8. The number of benzene rings is 2. The number of aliphatic hydroxyl groups is 1. The van der Waals surface area contributed by atoms with Gasteiger partial charge in [-0.25, -0.2) is 4.39 Å². The van der Waals surface area contributed by atoms with Gasteiger partial charge in [-0.2, -0.15) is 0 Å². The molecule has 0 aliphatic carbocycles. The largest absolute Gasteiger partial charge is 0.497 e. The van der Waals surface area contributed by atoms with Gasteiger partial charge in [0.05, 0.1) is 14.2 Å². The highest BCUT2D eigenvalue weighted by Crippen LogP contribution is 2.31. The Morgan fingerprint density at radius 1 is 1.05 bits per heavy atom. The average Bonchev–Trinajstić information content (AvgIpc) is 2.46. The Balaban J connectivity index is 2.42. The monoisotopic (exact) mass is 262 g/mol. The number of ether oxygens (including phenoxy) is 2. The van der Waals surface area contributed by atoms with Crippen molar-refractivity contribution in [3.8, 4) is 11.5 Å². The van der Waals surface area contributed by atoms with Gasteiger partial charge < -0.3 is 14.6 Å². The van der Waals surface area contributed by atoms with Crippen molar-refractivity contribution in [1.82, 2.24) is 0 Å². The summed E-state index contributed by atoms with van der Waals surface area (Å²) in [7, 11) is 3.03. The van der Waals surface area contributed by atoms with Crippen LogP contribution < -0.4 is 9.47 Å². The van der Waals surface area contributed by atoms with E-state index in [1.54, 1.807) is 31.4 Å². The van der Waals surface area contributed by atoms with Crippen molar-refractivity contribution >= 4 is 0 Å². The third-order valence-corrected chi connectivity index (χ3v) is 2.90. The average molecular weight is 262 g/mol. The van der Waals surface area contributed by atoms with E-state index in [0.717, 1.165) is 0 Å². The molecule has 3 nitrogen and oxygen atoms in total. The molecule has 0 aromatic heterocycles. The SMILES string of the molecule is COc1cccc(C(O)c2cc(F)ccc2OC)c1. The molecule has 19 heavy (non-hydrogen) atoms. The van der Waals surface area contributed by atoms with Gasteiger partial charge >= 0.3 is 0 Å². The summed E-state index contributed by atoms with van der Waals surface area (Å²) in [5.41, 5.74) is 0.999. The lowest BCUT2D eigenvalue weighted by Gasteiger charge is -2.16. The fourth-order valence-electron chi connectivity index (χ4n) is 1.91. The maximum absolute atomic E-state index is 13.3. The normalized spacial score (nSPS) is 12.0. The van der Waals surface area contributed by atoms with E-state index in [1.165, 1.54) is 25.3 Å². The molecule has 0 saturated carbocycles. The van der Waals surface area contributed by atoms with Crippen LogP contribution in [0, 0.1) is 5.82 Å². The van der Waals surface area contributed by atoms with E-state index in [1.807, 2.05) is 0 Å². The highest BCUT2D eigenvalue weighted by molar-refractivity contribution is 5.42. The van der Waals surface area contributed by atoms with Crippen LogP contribution in [0.15, 0.2) is 42.5 Å². The molecule has 0 heterocycles. The van der Waals surface area contributed by atoms with Crippen LogP contribution >= 0.6 is 0 Å². The summed E-state index contributed by atoms with van der Waals surface area (Å²) in [4.78, 5) is 0. The van der Waals surface area contributed by atoms with Gasteiger partial charge in [-0.15, -0.1) is 0 Å². The third kappa shape index (κ3) is 2.85. The summed E-state index contributed by atoms with van der Waals surface area (Å²) in [6.07, 6.45) is -0.972. The molecule has 2 aromatic rings. The van der Waals surface area contributed by atoms with Crippen LogP contribution in [0.3, 0.4) is 0 Å². The Kier molecular flexibility index (Phi) is 4.02. The van der Waals surface area contributed by atoms with Gasteiger partial charge in [-0.05, 0) is 35.9 Å². The smallest absolute Gasteiger partial charge is 0.125 e. The highest BCUT2D eigenvalue weighted by atomic mass is 19.1. The van der Waals surface area contributed by atoms with E-state index in [9.17, 15) is 9.50 Å². The van der Waals surface area contributed by atoms with E-state index in [4.69, 9.17) is 9.47 Å². The maximum atomic E-state index is 13.3. The van der Waals surface area contributed by atoms with E-state index in [0.29, 0.717) is 22.6 Å². The van der Waals surface area contributed by atoms with Crippen LogP contribution in [-0.2, 0) is 0 Å². The summed E-state index contributed by atoms with van der Waals surface area (Å²) in [5, 5.41) is 10.3. The molecule has 0 spiro atoms. The molecule has 1 atom stereocenters. The van der Waals surface area contributed by atoms with Crippen molar-refractivity contribution in [2.45, 2.75) is 6.10 Å². The van der Waals surface area contributed by atoms with Crippen molar-refractivity contribution in [3.05, 3.63) is 59.4 Å². The molecule has 0 radical (unpaired) electrons. The first-order valence-corrected chi connectivity index (χ1v) is 5.81. The molecular formula is C15H15FO3. The minimum absolute atomic E-state index is 0.385. The Labute approximate surface area is 111 Å². The zero-order valence-electron chi connectivity index (χ0n) is 10.8. The molecule has 0 saturated heterocycles. The first-order valence-electron chi connectivity index (χ1n) is 5.81. The van der Waals surface area contributed by atoms with Crippen molar-refractivity contribution in [2.24, 2.45) is 0 Å². The number of methoxy groups -OCH3 is 2. The van der Waals surface area contributed by atoms with Crippen molar-refractivity contribution in [2.75, 3.05) is 14.2 Å². The van der Waals surface area contributed by atoms with Crippen LogP contribution in [0.2, 0.25) is 0 Å². The second-order valence-corrected chi connectivity index (χ2v) is 4.07. The van der Waals surface area contributed by atoms with Crippen LogP contribution in [0.4, 0.5) is 4.39 Å². The second kappa shape index (κ2) is 5.71. The molecule has 2 rings (SSSR count). The first-order chi connectivity index (χ1) is 9.15. The van der Waals surface area contributed by atoms with Crippen molar-refractivity contribution in [3.63, 3.8) is 0 Å². The molecule has 1 unspecified atom stereocenters. The fraction of sp³-hybridized carbons (Fsp3) is 0.200. The predicted octanol–water partition coefficient (Wildman–Crippen LogP) is 2.92. The van der Waals surface area contributed by atoms with Crippen LogP contribution in [0.5, 0.6) is 11.5 Å². The molecule has 0 bridgehead atoms. The van der Waals surface area contributed by atoms with E-state index in [2.05, 4.69) is 0 Å². The van der Waals surface area contributed by atoms with E-state index in [-0.39, 0.29) is 0 Å². The topological polar surface area (TPSA) is 38.7 Å². The van der Waals surface area contributed by atoms with Gasteiger partial charge in [0.25, 0.3) is 0 Å². The summed E-state index contributed by atoms with van der Waals surface area (Å²) in [6.45, 7) is 0. The van der Waals surface area contributed by atoms with E-state index >= 15 is 0 Å². The number of aliphatic hydroxyl groups excluding tert-OH is 1. The van der Waals surface area contributed by atoms with Gasteiger partial charge in [-0.3, -0.25) is 0 Å². The summed E-state index contributed by atoms with van der Waals surface area (Å²) in [6, 6.07) is 11.0. The third-order valence-electron chi connectivity index (χ3n) is 2.90. The Morgan fingerprint density at radius 2 is 1.84 bits per heavy atom. The molecule has 0 aliphatic heterocycles. The molecule has 0 aliphatic rings. The quantitative estimate of drug-likeness (QED) is 0.920. The molecule has 0 amide bonds. The summed E-state index contributed by atoms with van der Waals surface area (Å²) < 4.78 is 23.6. The molecule has 4 heteroatoms. The summed E-state index contributed by atoms with van der Waals surface area (Å²) in [5.74, 6) is 0.654. The molecular weight excluding hydrogens is 247 g/mol. The van der Waals surface area contributed by atoms with Gasteiger partial charge in [0.2, 0.25) is 0 Å². The standard InChI is InChI=1S/C15H15FO3/c1-18-12-5-3-4-10(8-12)15(17)13-9-11(16)6-7-14(13)19-2/h3-9,15,17H,1-2H3. The number of hydrogen-bond donors (Lipinski definition) is 1. The van der Waals surface area contributed by atoms with Crippen LogP contribution in [0.1, 0.15) is 17.2 Å². The van der Waals surface area contributed by atoms with Crippen molar-refractivity contribution < 1.29 is 19.0 Å². The van der Waals surface area contributed by atoms with Crippen LogP contribution in [-0.4, -0.2) is 19.3 Å². The summed E-state index contributed by atoms with van der Waals surface area (Å²) >= 11 is 0. The number of hydrogen-bond acceptors (Lipinski definition) is 3. The lowest BCUT2D eigenvalue weighted by molar-refractivity contribution is 0.213.